The Morgan fingerprint density at radius 3 is 1.90 bits per heavy atom. The first-order valence-electron chi connectivity index (χ1n) is 6.35. The van der Waals surface area contributed by atoms with E-state index in [1.165, 1.54) is 16.7 Å². The van der Waals surface area contributed by atoms with Crippen molar-refractivity contribution in [2.45, 2.75) is 0 Å². The van der Waals surface area contributed by atoms with E-state index in [0.717, 1.165) is 15.1 Å². The van der Waals surface area contributed by atoms with Gasteiger partial charge >= 0.3 is 0 Å². The van der Waals surface area contributed by atoms with Crippen molar-refractivity contribution in [3.05, 3.63) is 82.3 Å². The number of halogens is 2. The lowest BCUT2D eigenvalue weighted by Gasteiger charge is -2.11. The molecule has 0 heterocycles. The SMILES string of the molecule is Clc1ccc(-c2ccccc2-c2ccccc2)cc1Br. The number of rotatable bonds is 2. The molecular weight excluding hydrogens is 332 g/mol. The average molecular weight is 344 g/mol. The van der Waals surface area contributed by atoms with Crippen molar-refractivity contribution in [2.75, 3.05) is 0 Å². The molecule has 0 spiro atoms. The van der Waals surface area contributed by atoms with E-state index in [2.05, 4.69) is 76.6 Å². The van der Waals surface area contributed by atoms with Crippen LogP contribution in [0.25, 0.3) is 22.3 Å². The average Bonchev–Trinajstić information content (AvgIpc) is 2.51. The van der Waals surface area contributed by atoms with Crippen LogP contribution >= 0.6 is 27.5 Å². The molecule has 0 N–H and O–H groups in total. The Hall–Kier alpha value is -1.57. The molecule has 98 valence electrons. The maximum Gasteiger partial charge on any atom is 0.0548 e. The summed E-state index contributed by atoms with van der Waals surface area (Å²) in [6.45, 7) is 0. The molecule has 0 fully saturated rings. The summed E-state index contributed by atoms with van der Waals surface area (Å²) >= 11 is 9.57. The van der Waals surface area contributed by atoms with Gasteiger partial charge in [-0.2, -0.15) is 0 Å². The van der Waals surface area contributed by atoms with E-state index in [1.54, 1.807) is 0 Å². The molecule has 20 heavy (non-hydrogen) atoms. The number of hydrogen-bond acceptors (Lipinski definition) is 0. The summed E-state index contributed by atoms with van der Waals surface area (Å²) in [5, 5.41) is 0.728. The predicted octanol–water partition coefficient (Wildman–Crippen LogP) is 6.44. The third-order valence-electron chi connectivity index (χ3n) is 3.24. The Morgan fingerprint density at radius 2 is 1.25 bits per heavy atom. The summed E-state index contributed by atoms with van der Waals surface area (Å²) in [5.41, 5.74) is 4.80. The van der Waals surface area contributed by atoms with Crippen molar-refractivity contribution in [2.24, 2.45) is 0 Å². The van der Waals surface area contributed by atoms with Crippen LogP contribution in [0.3, 0.4) is 0 Å². The van der Waals surface area contributed by atoms with Gasteiger partial charge in [-0.3, -0.25) is 0 Å². The van der Waals surface area contributed by atoms with Crippen LogP contribution in [0.15, 0.2) is 77.3 Å². The van der Waals surface area contributed by atoms with E-state index >= 15 is 0 Å². The van der Waals surface area contributed by atoms with Gasteiger partial charge in [0.15, 0.2) is 0 Å². The van der Waals surface area contributed by atoms with Crippen LogP contribution in [0.2, 0.25) is 5.02 Å². The van der Waals surface area contributed by atoms with Crippen LogP contribution in [0.4, 0.5) is 0 Å². The first-order chi connectivity index (χ1) is 9.75. The summed E-state index contributed by atoms with van der Waals surface area (Å²) in [5.74, 6) is 0. The number of benzene rings is 3. The van der Waals surface area contributed by atoms with Gasteiger partial charge in [0.25, 0.3) is 0 Å². The van der Waals surface area contributed by atoms with Crippen LogP contribution < -0.4 is 0 Å². The minimum Gasteiger partial charge on any atom is -0.0831 e. The maximum absolute atomic E-state index is 6.08. The van der Waals surface area contributed by atoms with Gasteiger partial charge in [0.1, 0.15) is 0 Å². The predicted molar refractivity (Wildman–Crippen MR) is 90.0 cm³/mol. The van der Waals surface area contributed by atoms with Gasteiger partial charge in [0, 0.05) is 4.47 Å². The highest BCUT2D eigenvalue weighted by Crippen LogP contribution is 2.34. The lowest BCUT2D eigenvalue weighted by Crippen LogP contribution is -1.85. The third kappa shape index (κ3) is 2.65. The molecule has 0 bridgehead atoms. The maximum atomic E-state index is 6.08. The Balaban J connectivity index is 2.17. The molecule has 0 aliphatic heterocycles. The van der Waals surface area contributed by atoms with Crippen molar-refractivity contribution in [1.82, 2.24) is 0 Å². The molecule has 0 saturated heterocycles. The zero-order chi connectivity index (χ0) is 13.9. The fraction of sp³-hybridized carbons (Fsp3) is 0. The van der Waals surface area contributed by atoms with Crippen molar-refractivity contribution in [1.29, 1.82) is 0 Å². The van der Waals surface area contributed by atoms with Crippen LogP contribution in [0.1, 0.15) is 0 Å². The molecule has 0 amide bonds. The highest BCUT2D eigenvalue weighted by molar-refractivity contribution is 9.10. The minimum atomic E-state index is 0.728. The summed E-state index contributed by atoms with van der Waals surface area (Å²) in [4.78, 5) is 0. The third-order valence-corrected chi connectivity index (χ3v) is 4.46. The Labute approximate surface area is 132 Å². The summed E-state index contributed by atoms with van der Waals surface area (Å²) < 4.78 is 0.916. The fourth-order valence-electron chi connectivity index (χ4n) is 2.27. The summed E-state index contributed by atoms with van der Waals surface area (Å²) in [7, 11) is 0. The van der Waals surface area contributed by atoms with E-state index < -0.39 is 0 Å². The van der Waals surface area contributed by atoms with Crippen molar-refractivity contribution < 1.29 is 0 Å². The zero-order valence-corrected chi connectivity index (χ0v) is 13.0. The molecule has 0 saturated carbocycles. The first-order valence-corrected chi connectivity index (χ1v) is 7.52. The van der Waals surface area contributed by atoms with E-state index in [9.17, 15) is 0 Å². The van der Waals surface area contributed by atoms with Gasteiger partial charge in [-0.1, -0.05) is 72.3 Å². The number of hydrogen-bond donors (Lipinski definition) is 0. The zero-order valence-electron chi connectivity index (χ0n) is 10.7. The molecular formula is C18H12BrCl. The van der Waals surface area contributed by atoms with Crippen molar-refractivity contribution in [3.8, 4) is 22.3 Å². The van der Waals surface area contributed by atoms with E-state index in [4.69, 9.17) is 11.6 Å². The van der Waals surface area contributed by atoms with Crippen LogP contribution in [0.5, 0.6) is 0 Å². The standard InChI is InChI=1S/C18H12BrCl/c19-17-12-14(10-11-18(17)20)16-9-5-4-8-15(16)13-6-2-1-3-7-13/h1-12H. The lowest BCUT2D eigenvalue weighted by molar-refractivity contribution is 1.57. The van der Waals surface area contributed by atoms with Gasteiger partial charge < -0.3 is 0 Å². The second-order valence-electron chi connectivity index (χ2n) is 4.54. The largest absolute Gasteiger partial charge is 0.0831 e. The molecule has 0 aliphatic carbocycles. The summed E-state index contributed by atoms with van der Waals surface area (Å²) in [6.07, 6.45) is 0. The normalized spacial score (nSPS) is 10.5. The van der Waals surface area contributed by atoms with Gasteiger partial charge in [-0.15, -0.1) is 0 Å². The Kier molecular flexibility index (Phi) is 3.90. The van der Waals surface area contributed by atoms with Gasteiger partial charge in [-0.05, 0) is 50.3 Å². The molecule has 0 unspecified atom stereocenters. The van der Waals surface area contributed by atoms with Gasteiger partial charge in [0.2, 0.25) is 0 Å². The first kappa shape index (κ1) is 13.4. The van der Waals surface area contributed by atoms with E-state index in [1.807, 2.05) is 12.1 Å². The smallest absolute Gasteiger partial charge is 0.0548 e. The molecule has 3 rings (SSSR count). The van der Waals surface area contributed by atoms with Crippen molar-refractivity contribution >= 4 is 27.5 Å². The molecule has 3 aromatic rings. The van der Waals surface area contributed by atoms with Gasteiger partial charge in [0.05, 0.1) is 5.02 Å². The molecule has 0 aromatic heterocycles. The highest BCUT2D eigenvalue weighted by Gasteiger charge is 2.08. The van der Waals surface area contributed by atoms with E-state index in [-0.39, 0.29) is 0 Å². The van der Waals surface area contributed by atoms with Crippen molar-refractivity contribution in [3.63, 3.8) is 0 Å². The van der Waals surface area contributed by atoms with Crippen LogP contribution in [-0.2, 0) is 0 Å². The molecule has 3 aromatic carbocycles. The Morgan fingerprint density at radius 1 is 0.650 bits per heavy atom. The Bertz CT molecular complexity index is 735. The van der Waals surface area contributed by atoms with Crippen LogP contribution in [0, 0.1) is 0 Å². The second-order valence-corrected chi connectivity index (χ2v) is 5.80. The topological polar surface area (TPSA) is 0 Å². The molecule has 0 nitrogen and oxygen atoms in total. The quantitative estimate of drug-likeness (QED) is 0.502. The molecule has 2 heteroatoms. The lowest BCUT2D eigenvalue weighted by atomic mass is 9.95. The molecule has 0 radical (unpaired) electrons. The molecule has 0 atom stereocenters. The highest BCUT2D eigenvalue weighted by atomic mass is 79.9. The van der Waals surface area contributed by atoms with Gasteiger partial charge in [-0.25, -0.2) is 0 Å². The van der Waals surface area contributed by atoms with Crippen LogP contribution in [-0.4, -0.2) is 0 Å². The molecule has 0 aliphatic rings. The minimum absolute atomic E-state index is 0.728. The van der Waals surface area contributed by atoms with E-state index in [0.29, 0.717) is 0 Å². The second kappa shape index (κ2) is 5.82. The monoisotopic (exact) mass is 342 g/mol. The summed E-state index contributed by atoms with van der Waals surface area (Å²) in [6, 6.07) is 24.8. The fourth-order valence-corrected chi connectivity index (χ4v) is 2.76.